The molecule has 0 radical (unpaired) electrons. The molecule has 19 heavy (non-hydrogen) atoms. The molecule has 0 amide bonds. The molecule has 4 heteroatoms. The molecule has 1 aromatic heterocycles. The number of halogens is 1. The highest BCUT2D eigenvalue weighted by Gasteiger charge is 2.11. The molecule has 0 spiro atoms. The second-order valence-corrected chi connectivity index (χ2v) is 5.18. The number of benzene rings is 2. The fourth-order valence-electron chi connectivity index (χ4n) is 2.02. The molecule has 0 aliphatic carbocycles. The maximum absolute atomic E-state index is 5.91. The highest BCUT2D eigenvalue weighted by Crippen LogP contribution is 2.19. The summed E-state index contributed by atoms with van der Waals surface area (Å²) in [6, 6.07) is 14.6. The molecule has 0 saturated heterocycles. The van der Waals surface area contributed by atoms with Crippen molar-refractivity contribution in [2.24, 2.45) is 0 Å². The van der Waals surface area contributed by atoms with Gasteiger partial charge in [-0.2, -0.15) is 4.98 Å². The smallest absolute Gasteiger partial charge is 0.231 e. The van der Waals surface area contributed by atoms with E-state index in [4.69, 9.17) is 16.1 Å². The van der Waals surface area contributed by atoms with Gasteiger partial charge >= 0.3 is 0 Å². The summed E-state index contributed by atoms with van der Waals surface area (Å²) in [7, 11) is 0. The Morgan fingerprint density at radius 2 is 1.95 bits per heavy atom. The van der Waals surface area contributed by atoms with Gasteiger partial charge in [0.05, 0.1) is 11.8 Å². The van der Waals surface area contributed by atoms with Crippen molar-refractivity contribution in [3.05, 3.63) is 59.7 Å². The molecule has 2 aromatic carbocycles. The third-order valence-corrected chi connectivity index (χ3v) is 3.20. The van der Waals surface area contributed by atoms with Crippen molar-refractivity contribution in [3.8, 4) is 0 Å². The molecule has 1 atom stereocenters. The lowest BCUT2D eigenvalue weighted by molar-refractivity contribution is 0.379. The lowest BCUT2D eigenvalue weighted by atomic mass is 10.1. The Kier molecular flexibility index (Phi) is 3.22. The molecule has 3 rings (SSSR count). The Labute approximate surface area is 116 Å². The minimum absolute atomic E-state index is 0.228. The zero-order valence-corrected chi connectivity index (χ0v) is 11.3. The number of aromatic nitrogens is 2. The van der Waals surface area contributed by atoms with E-state index in [9.17, 15) is 0 Å². The SMILES string of the molecule is CC(Cl)c1noc(Cc2ccc3ccccc3c2)n1. The molecule has 0 fully saturated rings. The largest absolute Gasteiger partial charge is 0.339 e. The predicted octanol–water partition coefficient (Wildman–Crippen LogP) is 4.11. The van der Waals surface area contributed by atoms with E-state index >= 15 is 0 Å². The Morgan fingerprint density at radius 3 is 2.68 bits per heavy atom. The average molecular weight is 273 g/mol. The topological polar surface area (TPSA) is 38.9 Å². The van der Waals surface area contributed by atoms with Gasteiger partial charge in [-0.05, 0) is 23.3 Å². The van der Waals surface area contributed by atoms with Crippen molar-refractivity contribution in [3.63, 3.8) is 0 Å². The summed E-state index contributed by atoms with van der Waals surface area (Å²) >= 11 is 5.91. The fourth-order valence-corrected chi connectivity index (χ4v) is 2.11. The second-order valence-electron chi connectivity index (χ2n) is 4.52. The third kappa shape index (κ3) is 2.61. The van der Waals surface area contributed by atoms with Crippen LogP contribution in [-0.2, 0) is 6.42 Å². The van der Waals surface area contributed by atoms with E-state index in [1.807, 2.05) is 19.1 Å². The van der Waals surface area contributed by atoms with Crippen LogP contribution >= 0.6 is 11.6 Å². The van der Waals surface area contributed by atoms with E-state index in [1.54, 1.807) is 0 Å². The average Bonchev–Trinajstić information content (AvgIpc) is 2.87. The molecule has 1 heterocycles. The summed E-state index contributed by atoms with van der Waals surface area (Å²) in [5.41, 5.74) is 1.15. The molecule has 1 unspecified atom stereocenters. The first kappa shape index (κ1) is 12.2. The lowest BCUT2D eigenvalue weighted by Gasteiger charge is -2.00. The summed E-state index contributed by atoms with van der Waals surface area (Å²) in [5.74, 6) is 1.13. The lowest BCUT2D eigenvalue weighted by Crippen LogP contribution is -1.91. The van der Waals surface area contributed by atoms with Crippen LogP contribution in [0.25, 0.3) is 10.8 Å². The molecule has 0 bridgehead atoms. The van der Waals surface area contributed by atoms with Crippen LogP contribution in [0, 0.1) is 0 Å². The van der Waals surface area contributed by atoms with Gasteiger partial charge in [0, 0.05) is 0 Å². The van der Waals surface area contributed by atoms with Crippen molar-refractivity contribution in [2.45, 2.75) is 18.7 Å². The van der Waals surface area contributed by atoms with E-state index in [2.05, 4.69) is 40.5 Å². The highest BCUT2D eigenvalue weighted by atomic mass is 35.5. The Bertz CT molecular complexity index is 706. The fraction of sp³-hybridized carbons (Fsp3) is 0.200. The number of hydrogen-bond donors (Lipinski definition) is 0. The van der Waals surface area contributed by atoms with Gasteiger partial charge in [0.2, 0.25) is 5.89 Å². The Hall–Kier alpha value is -1.87. The molecule has 0 aliphatic heterocycles. The second kappa shape index (κ2) is 5.02. The van der Waals surface area contributed by atoms with Crippen molar-refractivity contribution in [1.82, 2.24) is 10.1 Å². The maximum atomic E-state index is 5.91. The van der Waals surface area contributed by atoms with Crippen LogP contribution in [0.4, 0.5) is 0 Å². The first-order valence-corrected chi connectivity index (χ1v) is 6.60. The standard InChI is InChI=1S/C15H13ClN2O/c1-10(16)15-17-14(19-18-15)9-11-6-7-12-4-2-3-5-13(12)8-11/h2-8,10H,9H2,1H3. The first-order chi connectivity index (χ1) is 9.22. The molecule has 96 valence electrons. The van der Waals surface area contributed by atoms with Gasteiger partial charge in [0.1, 0.15) is 0 Å². The summed E-state index contributed by atoms with van der Waals surface area (Å²) in [6.07, 6.45) is 0.626. The first-order valence-electron chi connectivity index (χ1n) is 6.16. The van der Waals surface area contributed by atoms with Crippen molar-refractivity contribution in [1.29, 1.82) is 0 Å². The minimum atomic E-state index is -0.228. The number of fused-ring (bicyclic) bond motifs is 1. The summed E-state index contributed by atoms with van der Waals surface area (Å²) < 4.78 is 5.20. The van der Waals surface area contributed by atoms with Crippen LogP contribution in [0.15, 0.2) is 47.0 Å². The Balaban J connectivity index is 1.87. The van der Waals surface area contributed by atoms with Crippen molar-refractivity contribution in [2.75, 3.05) is 0 Å². The van der Waals surface area contributed by atoms with Crippen LogP contribution in [0.5, 0.6) is 0 Å². The highest BCUT2D eigenvalue weighted by molar-refractivity contribution is 6.20. The van der Waals surface area contributed by atoms with Crippen LogP contribution in [0.3, 0.4) is 0 Å². The van der Waals surface area contributed by atoms with Crippen molar-refractivity contribution < 1.29 is 4.52 Å². The molecule has 3 aromatic rings. The molecule has 3 nitrogen and oxygen atoms in total. The number of nitrogens with zero attached hydrogens (tertiary/aromatic N) is 2. The van der Waals surface area contributed by atoms with E-state index < -0.39 is 0 Å². The van der Waals surface area contributed by atoms with Crippen LogP contribution in [0.1, 0.15) is 29.6 Å². The summed E-state index contributed by atoms with van der Waals surface area (Å²) in [5, 5.41) is 6.07. The van der Waals surface area contributed by atoms with Gasteiger partial charge < -0.3 is 4.52 Å². The Morgan fingerprint density at radius 1 is 1.16 bits per heavy atom. The van der Waals surface area contributed by atoms with Crippen LogP contribution in [0.2, 0.25) is 0 Å². The van der Waals surface area contributed by atoms with Crippen LogP contribution in [-0.4, -0.2) is 10.1 Å². The van der Waals surface area contributed by atoms with E-state index in [1.165, 1.54) is 10.8 Å². The monoisotopic (exact) mass is 272 g/mol. The molecular formula is C15H13ClN2O. The molecule has 0 saturated carbocycles. The minimum Gasteiger partial charge on any atom is -0.339 e. The van der Waals surface area contributed by atoms with E-state index in [0.29, 0.717) is 18.1 Å². The number of alkyl halides is 1. The van der Waals surface area contributed by atoms with Gasteiger partial charge in [-0.25, -0.2) is 0 Å². The van der Waals surface area contributed by atoms with Crippen LogP contribution < -0.4 is 0 Å². The van der Waals surface area contributed by atoms with E-state index in [0.717, 1.165) is 5.56 Å². The summed E-state index contributed by atoms with van der Waals surface area (Å²) in [4.78, 5) is 4.28. The van der Waals surface area contributed by atoms with Gasteiger partial charge in [-0.15, -0.1) is 11.6 Å². The summed E-state index contributed by atoms with van der Waals surface area (Å²) in [6.45, 7) is 1.83. The normalized spacial score (nSPS) is 12.7. The molecule has 0 aliphatic rings. The third-order valence-electron chi connectivity index (χ3n) is 3.01. The van der Waals surface area contributed by atoms with E-state index in [-0.39, 0.29) is 5.38 Å². The predicted molar refractivity (Wildman–Crippen MR) is 75.3 cm³/mol. The van der Waals surface area contributed by atoms with Gasteiger partial charge in [-0.3, -0.25) is 0 Å². The number of hydrogen-bond acceptors (Lipinski definition) is 3. The molecular weight excluding hydrogens is 260 g/mol. The van der Waals surface area contributed by atoms with Gasteiger partial charge in [0.15, 0.2) is 5.82 Å². The van der Waals surface area contributed by atoms with Gasteiger partial charge in [-0.1, -0.05) is 47.6 Å². The zero-order chi connectivity index (χ0) is 13.2. The molecule has 0 N–H and O–H groups in total. The van der Waals surface area contributed by atoms with Crippen molar-refractivity contribution >= 4 is 22.4 Å². The van der Waals surface area contributed by atoms with Gasteiger partial charge in [0.25, 0.3) is 0 Å². The number of rotatable bonds is 3. The maximum Gasteiger partial charge on any atom is 0.231 e. The zero-order valence-electron chi connectivity index (χ0n) is 10.5. The quantitative estimate of drug-likeness (QED) is 0.674.